The minimum atomic E-state index is -0.984. The van der Waals surface area contributed by atoms with Gasteiger partial charge in [-0.1, -0.05) is 23.8 Å². The maximum Gasteiger partial charge on any atom is 0.163 e. The largest absolute Gasteiger partial charge is 0.294 e. The van der Waals surface area contributed by atoms with E-state index in [1.54, 1.807) is 0 Å². The Morgan fingerprint density at radius 3 is 2.45 bits per heavy atom. The van der Waals surface area contributed by atoms with Crippen molar-refractivity contribution in [1.29, 1.82) is 0 Å². The zero-order valence-corrected chi connectivity index (χ0v) is 11.5. The first kappa shape index (κ1) is 14.4. The van der Waals surface area contributed by atoms with Gasteiger partial charge in [0, 0.05) is 12.0 Å². The summed E-state index contributed by atoms with van der Waals surface area (Å²) in [4.78, 5) is 12.0. The van der Waals surface area contributed by atoms with Gasteiger partial charge in [0.2, 0.25) is 0 Å². The predicted octanol–water partition coefficient (Wildman–Crippen LogP) is 4.40. The van der Waals surface area contributed by atoms with Gasteiger partial charge in [0.25, 0.3) is 0 Å². The van der Waals surface area contributed by atoms with Gasteiger partial charge in [-0.2, -0.15) is 0 Å². The summed E-state index contributed by atoms with van der Waals surface area (Å²) in [7, 11) is 0. The second kappa shape index (κ2) is 5.95. The van der Waals surface area contributed by atoms with Crippen LogP contribution in [0.5, 0.6) is 0 Å². The van der Waals surface area contributed by atoms with Crippen LogP contribution in [0.15, 0.2) is 36.4 Å². The molecule has 20 heavy (non-hydrogen) atoms. The number of rotatable bonds is 4. The number of ketones is 1. The minimum absolute atomic E-state index is 0.176. The maximum atomic E-state index is 13.1. The van der Waals surface area contributed by atoms with Crippen LogP contribution < -0.4 is 0 Å². The Morgan fingerprint density at radius 2 is 1.75 bits per heavy atom. The molecule has 2 aromatic rings. The number of hydrogen-bond donors (Lipinski definition) is 0. The molecule has 0 aliphatic rings. The SMILES string of the molecule is Cc1ccc(C)c(CCC(=O)c2ccc(F)c(F)c2)c1. The number of halogens is 2. The second-order valence-electron chi connectivity index (χ2n) is 4.98. The molecule has 0 aliphatic heterocycles. The lowest BCUT2D eigenvalue weighted by Crippen LogP contribution is -2.03. The average molecular weight is 274 g/mol. The van der Waals surface area contributed by atoms with Gasteiger partial charge in [-0.25, -0.2) is 8.78 Å². The summed E-state index contributed by atoms with van der Waals surface area (Å²) in [6.45, 7) is 4.00. The van der Waals surface area contributed by atoms with Crippen molar-refractivity contribution < 1.29 is 13.6 Å². The second-order valence-corrected chi connectivity index (χ2v) is 4.98. The lowest BCUT2D eigenvalue weighted by Gasteiger charge is -2.07. The number of aryl methyl sites for hydroxylation is 3. The van der Waals surface area contributed by atoms with Crippen molar-refractivity contribution in [2.24, 2.45) is 0 Å². The third-order valence-corrected chi connectivity index (χ3v) is 3.37. The monoisotopic (exact) mass is 274 g/mol. The van der Waals surface area contributed by atoms with Gasteiger partial charge >= 0.3 is 0 Å². The van der Waals surface area contributed by atoms with E-state index in [4.69, 9.17) is 0 Å². The zero-order chi connectivity index (χ0) is 14.7. The van der Waals surface area contributed by atoms with Crippen LogP contribution in [0.25, 0.3) is 0 Å². The first-order valence-electron chi connectivity index (χ1n) is 6.52. The quantitative estimate of drug-likeness (QED) is 0.755. The summed E-state index contributed by atoms with van der Waals surface area (Å²) >= 11 is 0. The molecule has 0 heterocycles. The molecule has 0 unspecified atom stereocenters. The van der Waals surface area contributed by atoms with Crippen LogP contribution in [0, 0.1) is 25.5 Å². The van der Waals surface area contributed by atoms with Gasteiger partial charge in [-0.15, -0.1) is 0 Å². The summed E-state index contributed by atoms with van der Waals surface area (Å²) in [5.74, 6) is -2.09. The molecule has 0 saturated heterocycles. The summed E-state index contributed by atoms with van der Waals surface area (Å²) in [5, 5.41) is 0. The Hall–Kier alpha value is -2.03. The van der Waals surface area contributed by atoms with Crippen LogP contribution in [-0.2, 0) is 6.42 Å². The molecule has 1 nitrogen and oxygen atoms in total. The molecule has 2 aromatic carbocycles. The first-order valence-corrected chi connectivity index (χ1v) is 6.52. The van der Waals surface area contributed by atoms with Crippen molar-refractivity contribution in [1.82, 2.24) is 0 Å². The normalized spacial score (nSPS) is 10.6. The fourth-order valence-electron chi connectivity index (χ4n) is 2.13. The molecule has 0 fully saturated rings. The van der Waals surface area contributed by atoms with Crippen molar-refractivity contribution in [3.8, 4) is 0 Å². The summed E-state index contributed by atoms with van der Waals surface area (Å²) in [6.07, 6.45) is 0.890. The van der Waals surface area contributed by atoms with Crippen molar-refractivity contribution in [2.75, 3.05) is 0 Å². The molecule has 0 N–H and O–H groups in total. The van der Waals surface area contributed by atoms with Gasteiger partial charge in [0.1, 0.15) is 0 Å². The Kier molecular flexibility index (Phi) is 4.28. The fourth-order valence-corrected chi connectivity index (χ4v) is 2.13. The smallest absolute Gasteiger partial charge is 0.163 e. The number of Topliss-reactive ketones (excluding diaryl/α,β-unsaturated/α-hetero) is 1. The van der Waals surface area contributed by atoms with Crippen LogP contribution in [0.2, 0.25) is 0 Å². The molecular weight excluding hydrogens is 258 g/mol. The molecule has 2 rings (SSSR count). The van der Waals surface area contributed by atoms with Crippen LogP contribution in [0.1, 0.15) is 33.5 Å². The highest BCUT2D eigenvalue weighted by Gasteiger charge is 2.10. The molecule has 0 spiro atoms. The van der Waals surface area contributed by atoms with Gasteiger partial charge in [0.05, 0.1) is 0 Å². The van der Waals surface area contributed by atoms with E-state index in [9.17, 15) is 13.6 Å². The van der Waals surface area contributed by atoms with Crippen LogP contribution >= 0.6 is 0 Å². The minimum Gasteiger partial charge on any atom is -0.294 e. The lowest BCUT2D eigenvalue weighted by atomic mass is 9.98. The Bertz CT molecular complexity index is 647. The van der Waals surface area contributed by atoms with E-state index in [1.165, 1.54) is 6.07 Å². The third kappa shape index (κ3) is 3.29. The van der Waals surface area contributed by atoms with Crippen LogP contribution in [-0.4, -0.2) is 5.78 Å². The van der Waals surface area contributed by atoms with E-state index >= 15 is 0 Å². The Labute approximate surface area is 117 Å². The standard InChI is InChI=1S/C17H16F2O/c1-11-3-4-12(2)13(9-11)6-8-17(20)14-5-7-15(18)16(19)10-14/h3-5,7,9-10H,6,8H2,1-2H3. The first-order chi connectivity index (χ1) is 9.47. The highest BCUT2D eigenvalue weighted by atomic mass is 19.2. The molecule has 0 bridgehead atoms. The van der Waals surface area contributed by atoms with E-state index in [-0.39, 0.29) is 17.8 Å². The third-order valence-electron chi connectivity index (χ3n) is 3.37. The van der Waals surface area contributed by atoms with Gasteiger partial charge < -0.3 is 0 Å². The summed E-state index contributed by atoms with van der Waals surface area (Å²) in [6, 6.07) is 9.36. The number of carbonyl (C=O) groups is 1. The number of hydrogen-bond acceptors (Lipinski definition) is 1. The van der Waals surface area contributed by atoms with E-state index < -0.39 is 11.6 Å². The molecule has 0 saturated carbocycles. The van der Waals surface area contributed by atoms with Crippen molar-refractivity contribution in [2.45, 2.75) is 26.7 Å². The van der Waals surface area contributed by atoms with Gasteiger partial charge in [0.15, 0.2) is 17.4 Å². The highest BCUT2D eigenvalue weighted by Crippen LogP contribution is 2.16. The lowest BCUT2D eigenvalue weighted by molar-refractivity contribution is 0.0982. The molecular formula is C17H16F2O. The number of carbonyl (C=O) groups excluding carboxylic acids is 1. The van der Waals surface area contributed by atoms with Crippen molar-refractivity contribution in [3.63, 3.8) is 0 Å². The molecule has 0 aliphatic carbocycles. The van der Waals surface area contributed by atoms with E-state index in [0.29, 0.717) is 6.42 Å². The molecule has 0 aromatic heterocycles. The molecule has 0 radical (unpaired) electrons. The summed E-state index contributed by atoms with van der Waals surface area (Å²) < 4.78 is 25.9. The van der Waals surface area contributed by atoms with Crippen molar-refractivity contribution in [3.05, 3.63) is 70.3 Å². The van der Waals surface area contributed by atoms with Crippen LogP contribution in [0.3, 0.4) is 0 Å². The molecule has 0 amide bonds. The van der Waals surface area contributed by atoms with Gasteiger partial charge in [-0.3, -0.25) is 4.79 Å². The average Bonchev–Trinajstić information content (AvgIpc) is 2.42. The number of benzene rings is 2. The summed E-state index contributed by atoms with van der Waals surface area (Å²) in [5.41, 5.74) is 3.61. The Morgan fingerprint density at radius 1 is 1.00 bits per heavy atom. The van der Waals surface area contributed by atoms with E-state index in [1.807, 2.05) is 32.0 Å². The highest BCUT2D eigenvalue weighted by molar-refractivity contribution is 5.96. The van der Waals surface area contributed by atoms with E-state index in [2.05, 4.69) is 0 Å². The van der Waals surface area contributed by atoms with E-state index in [0.717, 1.165) is 28.8 Å². The van der Waals surface area contributed by atoms with Crippen molar-refractivity contribution >= 4 is 5.78 Å². The molecule has 3 heteroatoms. The molecule has 104 valence electrons. The zero-order valence-electron chi connectivity index (χ0n) is 11.5. The molecule has 0 atom stereocenters. The van der Waals surface area contributed by atoms with Crippen LogP contribution in [0.4, 0.5) is 8.78 Å². The Balaban J connectivity index is 2.08. The maximum absolute atomic E-state index is 13.1. The predicted molar refractivity (Wildman–Crippen MR) is 74.9 cm³/mol. The topological polar surface area (TPSA) is 17.1 Å². The fraction of sp³-hybridized carbons (Fsp3) is 0.235. The van der Waals surface area contributed by atoms with Gasteiger partial charge in [-0.05, 0) is 49.6 Å².